The topological polar surface area (TPSA) is 174 Å². The van der Waals surface area contributed by atoms with E-state index in [1.54, 1.807) is 80.2 Å². The number of carboxylic acids is 1. The number of carboxylic acid groups (broad SMARTS) is 1. The monoisotopic (exact) mass is 608 g/mol. The van der Waals surface area contributed by atoms with Gasteiger partial charge in [-0.25, -0.2) is 9.59 Å². The van der Waals surface area contributed by atoms with E-state index in [1.165, 1.54) is 0 Å². The lowest BCUT2D eigenvalue weighted by Crippen LogP contribution is -2.27. The van der Waals surface area contributed by atoms with Crippen molar-refractivity contribution in [3.63, 3.8) is 0 Å². The van der Waals surface area contributed by atoms with Crippen molar-refractivity contribution in [2.75, 3.05) is 10.6 Å². The molecule has 0 fully saturated rings. The maximum absolute atomic E-state index is 12.8. The van der Waals surface area contributed by atoms with E-state index in [0.717, 1.165) is 31.2 Å². The van der Waals surface area contributed by atoms with E-state index in [1.807, 2.05) is 0 Å². The molecule has 0 aliphatic rings. The highest BCUT2D eigenvalue weighted by Crippen LogP contribution is 2.23. The Labute approximate surface area is 256 Å². The molecule has 0 saturated carbocycles. The number of aliphatic carboxylic acids is 1. The van der Waals surface area contributed by atoms with Gasteiger partial charge in [-0.1, -0.05) is 48.7 Å². The van der Waals surface area contributed by atoms with E-state index in [-0.39, 0.29) is 25.5 Å². The number of aryl methyl sites for hydroxylation is 1. The van der Waals surface area contributed by atoms with Crippen LogP contribution in [0, 0.1) is 0 Å². The van der Waals surface area contributed by atoms with Gasteiger partial charge in [0, 0.05) is 25.1 Å². The molecule has 13 heteroatoms. The highest BCUT2D eigenvalue weighted by molar-refractivity contribution is 6.06. The number of hydrogen-bond donors (Lipinski definition) is 4. The quantitative estimate of drug-likeness (QED) is 0.157. The number of carbonyl (C=O) groups is 4. The highest BCUT2D eigenvalue weighted by atomic mass is 16.6. The second-order valence-electron chi connectivity index (χ2n) is 11.1. The summed E-state index contributed by atoms with van der Waals surface area (Å²) in [4.78, 5) is 47.7. The minimum absolute atomic E-state index is 0.0234. The van der Waals surface area contributed by atoms with Gasteiger partial charge in [-0.2, -0.15) is 0 Å². The number of carbonyl (C=O) groups excluding carboxylic acids is 3. The molecule has 0 unspecified atom stereocenters. The SMILES string of the molecule is CC(C)(C)OC(=O)Nc1ccccc1NC(=O)c1ccc(CNC(=O)OCc2cn(CCCCCCCC(=O)O)nn2)cc1. The summed E-state index contributed by atoms with van der Waals surface area (Å²) in [5, 5.41) is 24.8. The van der Waals surface area contributed by atoms with Gasteiger partial charge < -0.3 is 25.2 Å². The summed E-state index contributed by atoms with van der Waals surface area (Å²) in [6, 6.07) is 13.5. The fourth-order valence-electron chi connectivity index (χ4n) is 4.04. The molecule has 0 aliphatic carbocycles. The molecule has 0 atom stereocenters. The number of alkyl carbamates (subject to hydrolysis) is 1. The van der Waals surface area contributed by atoms with Crippen molar-refractivity contribution in [3.05, 3.63) is 71.5 Å². The predicted octanol–water partition coefficient (Wildman–Crippen LogP) is 5.73. The minimum atomic E-state index is -0.761. The first-order valence-corrected chi connectivity index (χ1v) is 14.5. The number of benzene rings is 2. The Morgan fingerprint density at radius 2 is 1.52 bits per heavy atom. The van der Waals surface area contributed by atoms with Crippen LogP contribution in [0.2, 0.25) is 0 Å². The van der Waals surface area contributed by atoms with Crippen LogP contribution in [-0.2, 0) is 34.0 Å². The number of rotatable bonds is 15. The number of ether oxygens (including phenoxy) is 2. The Hall–Kier alpha value is -4.94. The highest BCUT2D eigenvalue weighted by Gasteiger charge is 2.18. The van der Waals surface area contributed by atoms with E-state index in [0.29, 0.717) is 35.6 Å². The first kappa shape index (κ1) is 33.6. The maximum atomic E-state index is 12.8. The van der Waals surface area contributed by atoms with Crippen molar-refractivity contribution < 1.29 is 33.8 Å². The molecule has 3 amide bonds. The number of nitrogens with one attached hydrogen (secondary N) is 3. The number of aromatic nitrogens is 3. The second-order valence-corrected chi connectivity index (χ2v) is 11.1. The summed E-state index contributed by atoms with van der Waals surface area (Å²) in [7, 11) is 0. The van der Waals surface area contributed by atoms with Gasteiger partial charge in [0.2, 0.25) is 0 Å². The van der Waals surface area contributed by atoms with Crippen molar-refractivity contribution in [1.82, 2.24) is 20.3 Å². The Kier molecular flexibility index (Phi) is 12.7. The number of amides is 3. The van der Waals surface area contributed by atoms with Crippen LogP contribution in [-0.4, -0.2) is 49.8 Å². The van der Waals surface area contributed by atoms with Gasteiger partial charge in [0.05, 0.1) is 17.6 Å². The molecule has 0 radical (unpaired) electrons. The number of nitrogens with zero attached hydrogens (tertiary/aromatic N) is 3. The lowest BCUT2D eigenvalue weighted by Gasteiger charge is -2.20. The summed E-state index contributed by atoms with van der Waals surface area (Å²) in [6.45, 7) is 6.14. The number of unbranched alkanes of at least 4 members (excludes halogenated alkanes) is 4. The average Bonchev–Trinajstić information content (AvgIpc) is 3.42. The number of hydrogen-bond acceptors (Lipinski definition) is 8. The van der Waals surface area contributed by atoms with Gasteiger partial charge >= 0.3 is 18.2 Å². The lowest BCUT2D eigenvalue weighted by atomic mass is 10.1. The molecule has 0 bridgehead atoms. The molecule has 0 spiro atoms. The second kappa shape index (κ2) is 16.6. The summed E-state index contributed by atoms with van der Waals surface area (Å²) < 4.78 is 12.2. The van der Waals surface area contributed by atoms with Gasteiger partial charge in [0.1, 0.15) is 17.9 Å². The van der Waals surface area contributed by atoms with E-state index in [9.17, 15) is 19.2 Å². The smallest absolute Gasteiger partial charge is 0.412 e. The summed E-state index contributed by atoms with van der Waals surface area (Å²) in [5.74, 6) is -1.13. The van der Waals surface area contributed by atoms with Crippen molar-refractivity contribution in [2.24, 2.45) is 0 Å². The molecule has 0 saturated heterocycles. The molecule has 1 aromatic heterocycles. The largest absolute Gasteiger partial charge is 0.481 e. The number of anilines is 2. The van der Waals surface area contributed by atoms with Gasteiger partial charge in [-0.3, -0.25) is 19.6 Å². The van der Waals surface area contributed by atoms with Gasteiger partial charge in [0.25, 0.3) is 5.91 Å². The van der Waals surface area contributed by atoms with Crippen LogP contribution in [0.4, 0.5) is 21.0 Å². The molecule has 1 heterocycles. The van der Waals surface area contributed by atoms with Crippen molar-refractivity contribution in [3.8, 4) is 0 Å². The summed E-state index contributed by atoms with van der Waals surface area (Å²) >= 11 is 0. The normalized spacial score (nSPS) is 11.0. The molecule has 3 aromatic rings. The molecule has 4 N–H and O–H groups in total. The zero-order valence-corrected chi connectivity index (χ0v) is 25.3. The zero-order valence-electron chi connectivity index (χ0n) is 25.3. The predicted molar refractivity (Wildman–Crippen MR) is 163 cm³/mol. The van der Waals surface area contributed by atoms with Crippen LogP contribution < -0.4 is 16.0 Å². The minimum Gasteiger partial charge on any atom is -0.481 e. The standard InChI is InChI=1S/C31H40N6O7/c1-31(2,3)44-30(42)34-26-12-9-8-11-25(26)33-28(40)23-16-14-22(15-17-23)19-32-29(41)43-21-24-20-37(36-35-24)18-10-6-4-5-7-13-27(38)39/h8-9,11-12,14-17,20H,4-7,10,13,18-19,21H2,1-3H3,(H,32,41)(H,33,40)(H,34,42)(H,38,39). The third kappa shape index (κ3) is 12.5. The third-order valence-corrected chi connectivity index (χ3v) is 6.18. The van der Waals surface area contributed by atoms with Crippen LogP contribution in [0.1, 0.15) is 80.9 Å². The Morgan fingerprint density at radius 3 is 2.20 bits per heavy atom. The van der Waals surface area contributed by atoms with Crippen LogP contribution in [0.3, 0.4) is 0 Å². The Bertz CT molecular complexity index is 1400. The van der Waals surface area contributed by atoms with Gasteiger partial charge in [-0.15, -0.1) is 5.10 Å². The van der Waals surface area contributed by atoms with Crippen molar-refractivity contribution in [1.29, 1.82) is 0 Å². The van der Waals surface area contributed by atoms with Crippen LogP contribution >= 0.6 is 0 Å². The molecular formula is C31H40N6O7. The Balaban J connectivity index is 1.38. The van der Waals surface area contributed by atoms with Crippen molar-refractivity contribution >= 4 is 35.4 Å². The fourth-order valence-corrected chi connectivity index (χ4v) is 4.04. The van der Waals surface area contributed by atoms with Gasteiger partial charge in [0.15, 0.2) is 0 Å². The molecule has 44 heavy (non-hydrogen) atoms. The summed E-state index contributed by atoms with van der Waals surface area (Å²) in [6.07, 6.45) is 5.12. The first-order valence-electron chi connectivity index (χ1n) is 14.5. The van der Waals surface area contributed by atoms with Gasteiger partial charge in [-0.05, 0) is 63.4 Å². The molecular weight excluding hydrogens is 568 g/mol. The average molecular weight is 609 g/mol. The van der Waals surface area contributed by atoms with Crippen molar-refractivity contribution in [2.45, 2.75) is 84.6 Å². The zero-order chi connectivity index (χ0) is 32.0. The molecule has 2 aromatic carbocycles. The van der Waals surface area contributed by atoms with E-state index >= 15 is 0 Å². The molecule has 13 nitrogen and oxygen atoms in total. The fraction of sp³-hybridized carbons (Fsp3) is 0.419. The summed E-state index contributed by atoms with van der Waals surface area (Å²) in [5.41, 5.74) is 1.84. The van der Waals surface area contributed by atoms with Crippen LogP contribution in [0.5, 0.6) is 0 Å². The lowest BCUT2D eigenvalue weighted by molar-refractivity contribution is -0.137. The van der Waals surface area contributed by atoms with Crippen LogP contribution in [0.15, 0.2) is 54.7 Å². The number of para-hydroxylation sites is 2. The van der Waals surface area contributed by atoms with E-state index in [4.69, 9.17) is 14.6 Å². The van der Waals surface area contributed by atoms with E-state index < -0.39 is 23.8 Å². The van der Waals surface area contributed by atoms with Crippen LogP contribution in [0.25, 0.3) is 0 Å². The molecule has 3 rings (SSSR count). The maximum Gasteiger partial charge on any atom is 0.412 e. The first-order chi connectivity index (χ1) is 21.0. The molecule has 236 valence electrons. The van der Waals surface area contributed by atoms with E-state index in [2.05, 4.69) is 26.3 Å². The Morgan fingerprint density at radius 1 is 0.864 bits per heavy atom. The third-order valence-electron chi connectivity index (χ3n) is 6.18. The molecule has 0 aliphatic heterocycles.